The van der Waals surface area contributed by atoms with Gasteiger partial charge in [0.2, 0.25) is 0 Å². The second-order valence-corrected chi connectivity index (χ2v) is 2.73. The molecule has 8 heavy (non-hydrogen) atoms. The third-order valence-electron chi connectivity index (χ3n) is 0.961. The fourth-order valence-electron chi connectivity index (χ4n) is 0.402. The highest BCUT2D eigenvalue weighted by Crippen LogP contribution is 1.94. The lowest BCUT2D eigenvalue weighted by atomic mass is 10.3. The van der Waals surface area contributed by atoms with Crippen LogP contribution in [0.3, 0.4) is 0 Å². The SMILES string of the molecule is C=CC(CC)[SH](=O)=O. The van der Waals surface area contributed by atoms with E-state index in [0.29, 0.717) is 6.42 Å². The summed E-state index contributed by atoms with van der Waals surface area (Å²) in [5.74, 6) is 0. The van der Waals surface area contributed by atoms with Crippen molar-refractivity contribution < 1.29 is 8.42 Å². The lowest BCUT2D eigenvalue weighted by Crippen LogP contribution is -2.01. The molecule has 0 aromatic rings. The molecule has 0 saturated carbocycles. The molecular formula is C5H10O2S. The van der Waals surface area contributed by atoms with Crippen molar-refractivity contribution in [3.8, 4) is 0 Å². The van der Waals surface area contributed by atoms with Crippen LogP contribution in [0.15, 0.2) is 12.7 Å². The van der Waals surface area contributed by atoms with E-state index < -0.39 is 10.7 Å². The summed E-state index contributed by atoms with van der Waals surface area (Å²) in [6.07, 6.45) is 2.08. The average molecular weight is 134 g/mol. The molecule has 0 saturated heterocycles. The van der Waals surface area contributed by atoms with Gasteiger partial charge < -0.3 is 0 Å². The van der Waals surface area contributed by atoms with Crippen LogP contribution in [0.25, 0.3) is 0 Å². The topological polar surface area (TPSA) is 34.1 Å². The Morgan fingerprint density at radius 1 is 1.75 bits per heavy atom. The first kappa shape index (κ1) is 7.69. The van der Waals surface area contributed by atoms with Gasteiger partial charge in [-0.2, -0.15) is 0 Å². The zero-order chi connectivity index (χ0) is 6.57. The summed E-state index contributed by atoms with van der Waals surface area (Å²) in [5, 5.41) is -0.329. The van der Waals surface area contributed by atoms with E-state index in [1.165, 1.54) is 6.08 Å². The summed E-state index contributed by atoms with van der Waals surface area (Å²) < 4.78 is 20.3. The van der Waals surface area contributed by atoms with Crippen molar-refractivity contribution in [2.24, 2.45) is 0 Å². The molecule has 0 radical (unpaired) electrons. The third kappa shape index (κ3) is 2.12. The van der Waals surface area contributed by atoms with Crippen LogP contribution in [-0.2, 0) is 10.7 Å². The summed E-state index contributed by atoms with van der Waals surface area (Å²) in [4.78, 5) is 0. The van der Waals surface area contributed by atoms with Gasteiger partial charge >= 0.3 is 0 Å². The van der Waals surface area contributed by atoms with E-state index in [0.717, 1.165) is 0 Å². The van der Waals surface area contributed by atoms with Crippen molar-refractivity contribution in [3.05, 3.63) is 12.7 Å². The van der Waals surface area contributed by atoms with Crippen LogP contribution in [0.4, 0.5) is 0 Å². The summed E-state index contributed by atoms with van der Waals surface area (Å²) >= 11 is 0. The monoisotopic (exact) mass is 134 g/mol. The molecule has 0 N–H and O–H groups in total. The van der Waals surface area contributed by atoms with Gasteiger partial charge in [0, 0.05) is 0 Å². The minimum Gasteiger partial charge on any atom is -0.231 e. The Hall–Kier alpha value is -0.310. The Morgan fingerprint density at radius 2 is 2.25 bits per heavy atom. The maximum absolute atomic E-state index is 10.1. The molecule has 1 atom stereocenters. The second kappa shape index (κ2) is 3.66. The van der Waals surface area contributed by atoms with Crippen LogP contribution < -0.4 is 0 Å². The number of thiol groups is 1. The molecule has 3 heteroatoms. The van der Waals surface area contributed by atoms with Gasteiger partial charge in [0.1, 0.15) is 10.7 Å². The smallest absolute Gasteiger partial charge is 0.146 e. The fraction of sp³-hybridized carbons (Fsp3) is 0.600. The van der Waals surface area contributed by atoms with Crippen molar-refractivity contribution in [2.75, 3.05) is 0 Å². The maximum Gasteiger partial charge on any atom is 0.146 e. The van der Waals surface area contributed by atoms with Crippen molar-refractivity contribution in [1.82, 2.24) is 0 Å². The Labute approximate surface area is 51.2 Å². The van der Waals surface area contributed by atoms with E-state index in [1.807, 2.05) is 6.92 Å². The Kier molecular flexibility index (Phi) is 3.52. The molecule has 1 unspecified atom stereocenters. The first-order valence-corrected chi connectivity index (χ1v) is 3.73. The highest BCUT2D eigenvalue weighted by molar-refractivity contribution is 7.73. The zero-order valence-corrected chi connectivity index (χ0v) is 5.73. The van der Waals surface area contributed by atoms with Crippen molar-refractivity contribution in [1.29, 1.82) is 0 Å². The molecule has 0 aromatic heterocycles. The molecule has 0 amide bonds. The maximum atomic E-state index is 10.1. The standard InChI is InChI=1S/C5H10O2S/c1-3-5(4-2)8(6)7/h3,5,8H,1,4H2,2H3. The minimum absolute atomic E-state index is 0.329. The quantitative estimate of drug-likeness (QED) is 0.452. The molecular weight excluding hydrogens is 124 g/mol. The molecule has 0 bridgehead atoms. The van der Waals surface area contributed by atoms with Crippen LogP contribution in [0, 0.1) is 0 Å². The van der Waals surface area contributed by atoms with Crippen LogP contribution in [-0.4, -0.2) is 13.7 Å². The van der Waals surface area contributed by atoms with Crippen LogP contribution >= 0.6 is 0 Å². The number of hydrogen-bond donors (Lipinski definition) is 1. The lowest BCUT2D eigenvalue weighted by molar-refractivity contribution is 0.606. The van der Waals surface area contributed by atoms with E-state index >= 15 is 0 Å². The summed E-state index contributed by atoms with van der Waals surface area (Å²) in [5.41, 5.74) is 0. The zero-order valence-electron chi connectivity index (χ0n) is 4.83. The second-order valence-electron chi connectivity index (χ2n) is 1.50. The van der Waals surface area contributed by atoms with Crippen molar-refractivity contribution in [3.63, 3.8) is 0 Å². The molecule has 0 aliphatic carbocycles. The molecule has 48 valence electrons. The van der Waals surface area contributed by atoms with Crippen LogP contribution in [0.1, 0.15) is 13.3 Å². The van der Waals surface area contributed by atoms with Crippen molar-refractivity contribution in [2.45, 2.75) is 18.6 Å². The van der Waals surface area contributed by atoms with Gasteiger partial charge in [-0.25, -0.2) is 8.42 Å². The third-order valence-corrected chi connectivity index (χ3v) is 2.08. The molecule has 0 spiro atoms. The summed E-state index contributed by atoms with van der Waals surface area (Å²) in [7, 11) is -2.28. The lowest BCUT2D eigenvalue weighted by Gasteiger charge is -1.94. The van der Waals surface area contributed by atoms with Gasteiger partial charge in [-0.05, 0) is 6.42 Å². The van der Waals surface area contributed by atoms with E-state index in [2.05, 4.69) is 6.58 Å². The van der Waals surface area contributed by atoms with Crippen molar-refractivity contribution >= 4 is 10.7 Å². The average Bonchev–Trinajstić information content (AvgIpc) is 1.69. The highest BCUT2D eigenvalue weighted by Gasteiger charge is 1.99. The van der Waals surface area contributed by atoms with Gasteiger partial charge in [0.25, 0.3) is 0 Å². The molecule has 0 aliphatic rings. The molecule has 0 aliphatic heterocycles. The Balaban J connectivity index is 3.89. The number of rotatable bonds is 3. The number of hydrogen-bond acceptors (Lipinski definition) is 2. The molecule has 0 fully saturated rings. The molecule has 0 heterocycles. The first-order valence-electron chi connectivity index (χ1n) is 2.48. The predicted octanol–water partition coefficient (Wildman–Crippen LogP) is 0.562. The predicted molar refractivity (Wildman–Crippen MR) is 34.6 cm³/mol. The van der Waals surface area contributed by atoms with Gasteiger partial charge in [-0.15, -0.1) is 6.58 Å². The van der Waals surface area contributed by atoms with Gasteiger partial charge in [-0.3, -0.25) is 0 Å². The van der Waals surface area contributed by atoms with Gasteiger partial charge in [-0.1, -0.05) is 13.0 Å². The largest absolute Gasteiger partial charge is 0.231 e. The Bertz CT molecular complexity index is 129. The molecule has 0 aromatic carbocycles. The minimum atomic E-state index is -2.28. The molecule has 2 nitrogen and oxygen atoms in total. The van der Waals surface area contributed by atoms with E-state index in [9.17, 15) is 8.42 Å². The molecule has 0 rings (SSSR count). The van der Waals surface area contributed by atoms with Gasteiger partial charge in [0.15, 0.2) is 0 Å². The highest BCUT2D eigenvalue weighted by atomic mass is 32.2. The van der Waals surface area contributed by atoms with E-state index in [1.54, 1.807) is 0 Å². The summed E-state index contributed by atoms with van der Waals surface area (Å²) in [6, 6.07) is 0. The summed E-state index contributed by atoms with van der Waals surface area (Å²) in [6.45, 7) is 5.19. The Morgan fingerprint density at radius 3 is 2.25 bits per heavy atom. The fourth-order valence-corrected chi connectivity index (χ4v) is 0.872. The normalized spacial score (nSPS) is 13.8. The van der Waals surface area contributed by atoms with Crippen LogP contribution in [0.2, 0.25) is 0 Å². The van der Waals surface area contributed by atoms with Crippen LogP contribution in [0.5, 0.6) is 0 Å². The van der Waals surface area contributed by atoms with E-state index in [4.69, 9.17) is 0 Å². The first-order chi connectivity index (χ1) is 3.72. The van der Waals surface area contributed by atoms with Gasteiger partial charge in [0.05, 0.1) is 5.25 Å². The van der Waals surface area contributed by atoms with E-state index in [-0.39, 0.29) is 5.25 Å².